The van der Waals surface area contributed by atoms with Gasteiger partial charge in [-0.3, -0.25) is 4.79 Å². The molecule has 6 heteroatoms. The Hall–Kier alpha value is -1.93. The zero-order valence-electron chi connectivity index (χ0n) is 10.3. The number of hydrogen-bond acceptors (Lipinski definition) is 4. The van der Waals surface area contributed by atoms with Crippen LogP contribution in [0.5, 0.6) is 11.5 Å². The van der Waals surface area contributed by atoms with Crippen LogP contribution in [0.4, 0.5) is 0 Å². The Balaban J connectivity index is 2.08. The van der Waals surface area contributed by atoms with E-state index in [0.29, 0.717) is 24.6 Å². The van der Waals surface area contributed by atoms with Gasteiger partial charge < -0.3 is 14.4 Å². The van der Waals surface area contributed by atoms with Gasteiger partial charge in [0.15, 0.2) is 11.5 Å². The molecule has 2 rings (SSSR count). The number of halogens is 1. The third kappa shape index (κ3) is 3.30. The van der Waals surface area contributed by atoms with E-state index >= 15 is 0 Å². The first-order chi connectivity index (χ1) is 9.24. The number of ether oxygens (including phenoxy) is 2. The predicted octanol–water partition coefficient (Wildman–Crippen LogP) is 1.90. The quantitative estimate of drug-likeness (QED) is 0.773. The number of rotatable bonds is 5. The molecule has 1 heterocycles. The highest BCUT2D eigenvalue weighted by Crippen LogP contribution is 2.32. The van der Waals surface area contributed by atoms with Gasteiger partial charge in [0.2, 0.25) is 12.7 Å². The summed E-state index contributed by atoms with van der Waals surface area (Å²) in [5.41, 5.74) is 0.917. The molecule has 1 aromatic carbocycles. The average Bonchev–Trinajstić information content (AvgIpc) is 2.90. The Labute approximate surface area is 116 Å². The van der Waals surface area contributed by atoms with Crippen molar-refractivity contribution in [2.45, 2.75) is 13.0 Å². The number of fused-ring (bicyclic) bond motifs is 1. The Kier molecular flexibility index (Phi) is 4.48. The lowest BCUT2D eigenvalue weighted by Gasteiger charge is -2.20. The third-order valence-electron chi connectivity index (χ3n) is 2.77. The lowest BCUT2D eigenvalue weighted by Crippen LogP contribution is -2.32. The highest BCUT2D eigenvalue weighted by atomic mass is 35.5. The number of hydrogen-bond donors (Lipinski definition) is 0. The maximum absolute atomic E-state index is 11.7. The maximum Gasteiger partial charge on any atom is 0.237 e. The van der Waals surface area contributed by atoms with Crippen molar-refractivity contribution in [2.24, 2.45) is 0 Å². The molecule has 0 saturated carbocycles. The standard InChI is InChI=1S/C13H13ClN2O3/c14-7-13(17)16(5-1-4-15)8-10-2-3-11-12(6-10)19-9-18-11/h2-3,6H,1,5,7-9H2. The molecule has 5 nitrogen and oxygen atoms in total. The molecule has 1 aliphatic rings. The van der Waals surface area contributed by atoms with Crippen molar-refractivity contribution in [2.75, 3.05) is 19.2 Å². The van der Waals surface area contributed by atoms with Crippen LogP contribution in [0.25, 0.3) is 0 Å². The smallest absolute Gasteiger partial charge is 0.237 e. The largest absolute Gasteiger partial charge is 0.454 e. The van der Waals surface area contributed by atoms with Gasteiger partial charge in [0.05, 0.1) is 12.5 Å². The molecule has 1 aromatic rings. The summed E-state index contributed by atoms with van der Waals surface area (Å²) in [4.78, 5) is 13.2. The normalized spacial score (nSPS) is 12.0. The zero-order chi connectivity index (χ0) is 13.7. The minimum Gasteiger partial charge on any atom is -0.454 e. The number of alkyl halides is 1. The van der Waals surface area contributed by atoms with Crippen molar-refractivity contribution in [3.05, 3.63) is 23.8 Å². The van der Waals surface area contributed by atoms with E-state index in [1.807, 2.05) is 24.3 Å². The molecule has 0 unspecified atom stereocenters. The fraction of sp³-hybridized carbons (Fsp3) is 0.385. The summed E-state index contributed by atoms with van der Waals surface area (Å²) in [6, 6.07) is 7.54. The van der Waals surface area contributed by atoms with Crippen molar-refractivity contribution in [1.29, 1.82) is 5.26 Å². The van der Waals surface area contributed by atoms with Crippen LogP contribution in [0.2, 0.25) is 0 Å². The zero-order valence-corrected chi connectivity index (χ0v) is 11.0. The summed E-state index contributed by atoms with van der Waals surface area (Å²) in [6.45, 7) is 0.998. The summed E-state index contributed by atoms with van der Waals surface area (Å²) in [7, 11) is 0. The minimum absolute atomic E-state index is 0.0873. The molecule has 0 spiro atoms. The van der Waals surface area contributed by atoms with Crippen molar-refractivity contribution in [3.63, 3.8) is 0 Å². The van der Waals surface area contributed by atoms with Gasteiger partial charge in [-0.25, -0.2) is 0 Å². The highest BCUT2D eigenvalue weighted by molar-refractivity contribution is 6.27. The Morgan fingerprint density at radius 1 is 1.42 bits per heavy atom. The number of nitrogens with zero attached hydrogens (tertiary/aromatic N) is 2. The number of nitriles is 1. The number of amides is 1. The summed E-state index contributed by atoms with van der Waals surface area (Å²) in [6.07, 6.45) is 0.285. The molecular formula is C13H13ClN2O3. The van der Waals surface area contributed by atoms with E-state index in [9.17, 15) is 4.79 Å². The van der Waals surface area contributed by atoms with Crippen molar-refractivity contribution >= 4 is 17.5 Å². The monoisotopic (exact) mass is 280 g/mol. The predicted molar refractivity (Wildman–Crippen MR) is 68.9 cm³/mol. The van der Waals surface area contributed by atoms with Crippen LogP contribution in [-0.2, 0) is 11.3 Å². The Bertz CT molecular complexity index is 513. The molecule has 100 valence electrons. The van der Waals surface area contributed by atoms with E-state index < -0.39 is 0 Å². The minimum atomic E-state index is -0.186. The number of carbonyl (C=O) groups is 1. The van der Waals surface area contributed by atoms with Gasteiger partial charge in [0.25, 0.3) is 0 Å². The first-order valence-electron chi connectivity index (χ1n) is 5.84. The van der Waals surface area contributed by atoms with Gasteiger partial charge in [-0.15, -0.1) is 11.6 Å². The Morgan fingerprint density at radius 2 is 2.21 bits per heavy atom. The second-order valence-electron chi connectivity index (χ2n) is 4.04. The van der Waals surface area contributed by atoms with Gasteiger partial charge >= 0.3 is 0 Å². The van der Waals surface area contributed by atoms with E-state index in [1.165, 1.54) is 0 Å². The van der Waals surface area contributed by atoms with Crippen molar-refractivity contribution in [3.8, 4) is 17.6 Å². The lowest BCUT2D eigenvalue weighted by atomic mass is 10.2. The SMILES string of the molecule is N#CCCN(Cc1ccc2c(c1)OCO2)C(=O)CCl. The fourth-order valence-electron chi connectivity index (χ4n) is 1.82. The van der Waals surface area contributed by atoms with Crippen LogP contribution in [-0.4, -0.2) is 30.0 Å². The highest BCUT2D eigenvalue weighted by Gasteiger charge is 2.16. The first kappa shape index (κ1) is 13.5. The van der Waals surface area contributed by atoms with E-state index in [2.05, 4.69) is 0 Å². The van der Waals surface area contributed by atoms with Crippen LogP contribution in [0.3, 0.4) is 0 Å². The van der Waals surface area contributed by atoms with Crippen molar-refractivity contribution in [1.82, 2.24) is 4.90 Å². The molecule has 0 N–H and O–H groups in total. The molecule has 0 radical (unpaired) electrons. The van der Waals surface area contributed by atoms with Gasteiger partial charge in [-0.05, 0) is 17.7 Å². The fourth-order valence-corrected chi connectivity index (χ4v) is 1.99. The average molecular weight is 281 g/mol. The molecule has 0 fully saturated rings. The van der Waals surface area contributed by atoms with Gasteiger partial charge in [0, 0.05) is 13.1 Å². The molecule has 0 bridgehead atoms. The molecule has 0 saturated heterocycles. The van der Waals surface area contributed by atoms with E-state index in [1.54, 1.807) is 4.90 Å². The van der Waals surface area contributed by atoms with Gasteiger partial charge in [-0.2, -0.15) is 5.26 Å². The molecule has 0 aromatic heterocycles. The molecule has 0 atom stereocenters. The Morgan fingerprint density at radius 3 is 2.95 bits per heavy atom. The van der Waals surface area contributed by atoms with Gasteiger partial charge in [0.1, 0.15) is 5.88 Å². The van der Waals surface area contributed by atoms with Gasteiger partial charge in [-0.1, -0.05) is 6.07 Å². The molecular weight excluding hydrogens is 268 g/mol. The van der Waals surface area contributed by atoms with Crippen LogP contribution in [0.1, 0.15) is 12.0 Å². The van der Waals surface area contributed by atoms with Crippen LogP contribution in [0, 0.1) is 11.3 Å². The maximum atomic E-state index is 11.7. The van der Waals surface area contributed by atoms with Crippen LogP contribution < -0.4 is 9.47 Å². The van der Waals surface area contributed by atoms with E-state index in [0.717, 1.165) is 5.56 Å². The second-order valence-corrected chi connectivity index (χ2v) is 4.31. The van der Waals surface area contributed by atoms with Crippen molar-refractivity contribution < 1.29 is 14.3 Å². The van der Waals surface area contributed by atoms with Crippen LogP contribution in [0.15, 0.2) is 18.2 Å². The molecule has 0 aliphatic carbocycles. The summed E-state index contributed by atoms with van der Waals surface area (Å²) in [5, 5.41) is 8.61. The van der Waals surface area contributed by atoms with E-state index in [-0.39, 0.29) is 25.0 Å². The molecule has 1 aliphatic heterocycles. The number of benzene rings is 1. The summed E-state index contributed by atoms with van der Waals surface area (Å²) in [5.74, 6) is 1.11. The third-order valence-corrected chi connectivity index (χ3v) is 3.00. The van der Waals surface area contributed by atoms with Crippen LogP contribution >= 0.6 is 11.6 Å². The number of carbonyl (C=O) groups excluding carboxylic acids is 1. The first-order valence-corrected chi connectivity index (χ1v) is 6.37. The summed E-state index contributed by atoms with van der Waals surface area (Å²) < 4.78 is 10.5. The van der Waals surface area contributed by atoms with E-state index in [4.69, 9.17) is 26.3 Å². The second kappa shape index (κ2) is 6.30. The molecule has 1 amide bonds. The summed E-state index contributed by atoms with van der Waals surface area (Å²) >= 11 is 5.57. The lowest BCUT2D eigenvalue weighted by molar-refractivity contribution is -0.129. The topological polar surface area (TPSA) is 62.6 Å². The molecule has 19 heavy (non-hydrogen) atoms.